The highest BCUT2D eigenvalue weighted by atomic mass is 32.2. The highest BCUT2D eigenvalue weighted by Gasteiger charge is 2.30. The largest absolute Gasteiger partial charge is 0.465 e. The molecule has 0 aliphatic carbocycles. The van der Waals surface area contributed by atoms with Gasteiger partial charge in [-0.3, -0.25) is 9.59 Å². The van der Waals surface area contributed by atoms with Crippen molar-refractivity contribution < 1.29 is 19.1 Å². The second-order valence-electron chi connectivity index (χ2n) is 6.27. The van der Waals surface area contributed by atoms with Gasteiger partial charge in [0.15, 0.2) is 0 Å². The third-order valence-electron chi connectivity index (χ3n) is 4.29. The number of allylic oxidation sites excluding steroid dienone is 1. The van der Waals surface area contributed by atoms with Gasteiger partial charge in [-0.1, -0.05) is 37.2 Å². The van der Waals surface area contributed by atoms with Crippen LogP contribution < -0.4 is 10.6 Å². The Kier molecular flexibility index (Phi) is 8.08. The van der Waals surface area contributed by atoms with Crippen LogP contribution in [0.15, 0.2) is 34.9 Å². The third kappa shape index (κ3) is 5.60. The standard InChI is InChI=1S/C20H23N3O4S/c1-3-4-9-22-18(25)12-28-19-16(11-21)15(10-17(24)23-19)13-5-7-14(8-6-13)20(26)27-2/h5-8,15H,3-4,9-10,12H2,1-2H3,(H,22,25)(H,23,24)/t15-/m1/s1. The van der Waals surface area contributed by atoms with E-state index in [1.54, 1.807) is 24.3 Å². The number of carbonyl (C=O) groups excluding carboxylic acids is 3. The molecular formula is C20H23N3O4S. The number of ether oxygens (including phenoxy) is 1. The van der Waals surface area contributed by atoms with Crippen molar-refractivity contribution in [2.24, 2.45) is 0 Å². The average Bonchev–Trinajstić information content (AvgIpc) is 2.71. The van der Waals surface area contributed by atoms with Crippen LogP contribution in [0.5, 0.6) is 0 Å². The molecule has 0 bridgehead atoms. The number of amides is 2. The summed E-state index contributed by atoms with van der Waals surface area (Å²) < 4.78 is 4.68. The summed E-state index contributed by atoms with van der Waals surface area (Å²) in [5.41, 5.74) is 1.56. The van der Waals surface area contributed by atoms with Gasteiger partial charge in [0.2, 0.25) is 11.8 Å². The van der Waals surface area contributed by atoms with Crippen LogP contribution in [-0.4, -0.2) is 37.2 Å². The maximum Gasteiger partial charge on any atom is 0.337 e. The summed E-state index contributed by atoms with van der Waals surface area (Å²) in [6.45, 7) is 2.65. The van der Waals surface area contributed by atoms with E-state index in [9.17, 15) is 19.6 Å². The summed E-state index contributed by atoms with van der Waals surface area (Å²) in [6.07, 6.45) is 2.03. The van der Waals surface area contributed by atoms with Crippen molar-refractivity contribution in [3.8, 4) is 6.07 Å². The Morgan fingerprint density at radius 1 is 1.36 bits per heavy atom. The van der Waals surface area contributed by atoms with Gasteiger partial charge in [0.05, 0.1) is 35.1 Å². The van der Waals surface area contributed by atoms with E-state index in [1.807, 2.05) is 6.92 Å². The van der Waals surface area contributed by atoms with Gasteiger partial charge in [0.25, 0.3) is 0 Å². The minimum absolute atomic E-state index is 0.124. The normalized spacial score (nSPS) is 16.2. The van der Waals surface area contributed by atoms with Crippen molar-refractivity contribution >= 4 is 29.5 Å². The zero-order valence-electron chi connectivity index (χ0n) is 15.9. The lowest BCUT2D eigenvalue weighted by atomic mass is 9.87. The summed E-state index contributed by atoms with van der Waals surface area (Å²) in [5.74, 6) is -1.10. The Balaban J connectivity index is 2.16. The molecule has 0 spiro atoms. The van der Waals surface area contributed by atoms with Crippen LogP contribution >= 0.6 is 11.8 Å². The highest BCUT2D eigenvalue weighted by molar-refractivity contribution is 8.03. The predicted molar refractivity (Wildman–Crippen MR) is 106 cm³/mol. The van der Waals surface area contributed by atoms with E-state index in [-0.39, 0.29) is 24.0 Å². The zero-order chi connectivity index (χ0) is 20.5. The number of rotatable bonds is 8. The molecule has 0 aromatic heterocycles. The molecule has 0 unspecified atom stereocenters. The van der Waals surface area contributed by atoms with Crippen LogP contribution in [0.3, 0.4) is 0 Å². The molecule has 28 heavy (non-hydrogen) atoms. The number of hydrogen-bond donors (Lipinski definition) is 2. The van der Waals surface area contributed by atoms with Crippen molar-refractivity contribution in [1.82, 2.24) is 10.6 Å². The van der Waals surface area contributed by atoms with E-state index in [0.29, 0.717) is 22.7 Å². The molecule has 2 N–H and O–H groups in total. The van der Waals surface area contributed by atoms with Gasteiger partial charge >= 0.3 is 5.97 Å². The number of esters is 1. The first-order valence-corrected chi connectivity index (χ1v) is 10.0. The molecule has 1 aliphatic heterocycles. The highest BCUT2D eigenvalue weighted by Crippen LogP contribution is 2.35. The number of thioether (sulfide) groups is 1. The number of carbonyl (C=O) groups is 3. The topological polar surface area (TPSA) is 108 Å². The van der Waals surface area contributed by atoms with Crippen molar-refractivity contribution in [2.45, 2.75) is 32.1 Å². The van der Waals surface area contributed by atoms with Crippen LogP contribution in [0, 0.1) is 11.3 Å². The van der Waals surface area contributed by atoms with Crippen molar-refractivity contribution in [3.63, 3.8) is 0 Å². The summed E-state index contributed by atoms with van der Waals surface area (Å²) in [7, 11) is 1.31. The fourth-order valence-electron chi connectivity index (χ4n) is 2.78. The van der Waals surface area contributed by atoms with Gasteiger partial charge in [-0.25, -0.2) is 4.79 Å². The number of methoxy groups -OCH3 is 1. The molecule has 0 radical (unpaired) electrons. The molecule has 1 heterocycles. The zero-order valence-corrected chi connectivity index (χ0v) is 16.7. The molecule has 1 aromatic rings. The van der Waals surface area contributed by atoms with E-state index in [1.165, 1.54) is 7.11 Å². The number of nitrogens with one attached hydrogen (secondary N) is 2. The number of nitrogens with zero attached hydrogens (tertiary/aromatic N) is 1. The SMILES string of the molecule is CCCCNC(=O)CSC1=C(C#N)[C@@H](c2ccc(C(=O)OC)cc2)CC(=O)N1. The molecule has 8 heteroatoms. The lowest BCUT2D eigenvalue weighted by Crippen LogP contribution is -2.32. The molecule has 0 saturated carbocycles. The van der Waals surface area contributed by atoms with Gasteiger partial charge in [-0.05, 0) is 24.1 Å². The van der Waals surface area contributed by atoms with Gasteiger partial charge in [0.1, 0.15) is 0 Å². The molecule has 2 amide bonds. The quantitative estimate of drug-likeness (QED) is 0.512. The van der Waals surface area contributed by atoms with Crippen molar-refractivity contribution in [1.29, 1.82) is 5.26 Å². The Hall–Kier alpha value is -2.79. The molecule has 2 rings (SSSR count). The second-order valence-corrected chi connectivity index (χ2v) is 7.25. The van der Waals surface area contributed by atoms with E-state index in [0.717, 1.165) is 30.2 Å². The monoisotopic (exact) mass is 401 g/mol. The van der Waals surface area contributed by atoms with Crippen LogP contribution in [0.4, 0.5) is 0 Å². The Morgan fingerprint density at radius 3 is 2.68 bits per heavy atom. The van der Waals surface area contributed by atoms with Crippen LogP contribution in [-0.2, 0) is 14.3 Å². The van der Waals surface area contributed by atoms with E-state index in [2.05, 4.69) is 21.4 Å². The van der Waals surface area contributed by atoms with Crippen LogP contribution in [0.2, 0.25) is 0 Å². The van der Waals surface area contributed by atoms with E-state index in [4.69, 9.17) is 0 Å². The Labute approximate surface area is 168 Å². The molecule has 0 fully saturated rings. The molecule has 1 atom stereocenters. The van der Waals surface area contributed by atoms with Gasteiger partial charge in [-0.15, -0.1) is 0 Å². The molecule has 1 aliphatic rings. The third-order valence-corrected chi connectivity index (χ3v) is 5.31. The van der Waals surface area contributed by atoms with Crippen LogP contribution in [0.25, 0.3) is 0 Å². The molecule has 1 aromatic carbocycles. The number of benzene rings is 1. The fraction of sp³-hybridized carbons (Fsp3) is 0.400. The van der Waals surface area contributed by atoms with E-state index < -0.39 is 11.9 Å². The fourth-order valence-corrected chi connectivity index (χ4v) is 3.69. The molecular weight excluding hydrogens is 378 g/mol. The first-order chi connectivity index (χ1) is 13.5. The number of unbranched alkanes of at least 4 members (excludes halogenated alkanes) is 1. The second kappa shape index (κ2) is 10.5. The molecule has 148 valence electrons. The minimum atomic E-state index is -0.450. The Morgan fingerprint density at radius 2 is 2.07 bits per heavy atom. The number of hydrogen-bond acceptors (Lipinski definition) is 6. The lowest BCUT2D eigenvalue weighted by Gasteiger charge is -2.25. The maximum atomic E-state index is 12.2. The Bertz CT molecular complexity index is 812. The molecule has 0 saturated heterocycles. The average molecular weight is 401 g/mol. The smallest absolute Gasteiger partial charge is 0.337 e. The summed E-state index contributed by atoms with van der Waals surface area (Å²) in [5, 5.41) is 15.6. The first kappa shape index (κ1) is 21.5. The predicted octanol–water partition coefficient (Wildman–Crippen LogP) is 2.46. The number of nitriles is 1. The van der Waals surface area contributed by atoms with Crippen molar-refractivity contribution in [2.75, 3.05) is 19.4 Å². The minimum Gasteiger partial charge on any atom is -0.465 e. The van der Waals surface area contributed by atoms with Crippen LogP contribution in [0.1, 0.15) is 48.0 Å². The summed E-state index contributed by atoms with van der Waals surface area (Å²) >= 11 is 1.15. The summed E-state index contributed by atoms with van der Waals surface area (Å²) in [6, 6.07) is 8.81. The van der Waals surface area contributed by atoms with Gasteiger partial charge in [-0.2, -0.15) is 5.26 Å². The maximum absolute atomic E-state index is 12.2. The van der Waals surface area contributed by atoms with Gasteiger partial charge in [0, 0.05) is 18.9 Å². The molecule has 7 nitrogen and oxygen atoms in total. The first-order valence-electron chi connectivity index (χ1n) is 9.02. The van der Waals surface area contributed by atoms with Gasteiger partial charge < -0.3 is 15.4 Å². The van der Waals surface area contributed by atoms with E-state index >= 15 is 0 Å². The summed E-state index contributed by atoms with van der Waals surface area (Å²) in [4.78, 5) is 35.7. The lowest BCUT2D eigenvalue weighted by molar-refractivity contribution is -0.121. The van der Waals surface area contributed by atoms with Crippen molar-refractivity contribution in [3.05, 3.63) is 46.0 Å².